The van der Waals surface area contributed by atoms with Gasteiger partial charge in [0.05, 0.1) is 17.3 Å². The molecule has 0 amide bonds. The van der Waals surface area contributed by atoms with Crippen molar-refractivity contribution in [3.63, 3.8) is 0 Å². The van der Waals surface area contributed by atoms with Crippen molar-refractivity contribution in [1.29, 1.82) is 5.26 Å². The van der Waals surface area contributed by atoms with Crippen molar-refractivity contribution >= 4 is 5.69 Å². The fraction of sp³-hybridized carbons (Fsp3) is 0.222. The molecule has 0 saturated carbocycles. The largest absolute Gasteiger partial charge is 0.375 e. The Morgan fingerprint density at radius 1 is 1.42 bits per heavy atom. The molecule has 1 rings (SSSR count). The molecule has 0 spiro atoms. The summed E-state index contributed by atoms with van der Waals surface area (Å²) in [5.41, 5.74) is 0.840. The summed E-state index contributed by atoms with van der Waals surface area (Å²) < 4.78 is 13.1. The average molecular weight is 164 g/mol. The van der Waals surface area contributed by atoms with Gasteiger partial charge in [0.25, 0.3) is 0 Å². The number of hydrogen-bond donors (Lipinski definition) is 0. The third-order valence-electron chi connectivity index (χ3n) is 1.56. The maximum atomic E-state index is 13.1. The predicted molar refractivity (Wildman–Crippen MR) is 45.4 cm³/mol. The highest BCUT2D eigenvalue weighted by Gasteiger charge is 2.03. The van der Waals surface area contributed by atoms with E-state index < -0.39 is 0 Å². The van der Waals surface area contributed by atoms with Gasteiger partial charge < -0.3 is 4.90 Å². The van der Waals surface area contributed by atoms with Gasteiger partial charge in [0.2, 0.25) is 0 Å². The molecule has 12 heavy (non-hydrogen) atoms. The number of anilines is 1. The quantitative estimate of drug-likeness (QED) is 0.632. The molecule has 0 radical (unpaired) electrons. The van der Waals surface area contributed by atoms with Gasteiger partial charge in [-0.15, -0.1) is 0 Å². The molecule has 0 unspecified atom stereocenters. The topological polar surface area (TPSA) is 27.0 Å². The van der Waals surface area contributed by atoms with E-state index in [4.69, 9.17) is 5.26 Å². The van der Waals surface area contributed by atoms with Crippen molar-refractivity contribution in [2.24, 2.45) is 0 Å². The molecule has 62 valence electrons. The standard InChI is InChI=1S/C9H9FN2/c1-12(2)9-4-3-7(6-11)5-8(9)10/h3-5H,1-2H3. The number of rotatable bonds is 1. The van der Waals surface area contributed by atoms with Crippen LogP contribution in [0.4, 0.5) is 10.1 Å². The second kappa shape index (κ2) is 3.22. The third-order valence-corrected chi connectivity index (χ3v) is 1.56. The molecule has 0 N–H and O–H groups in total. The van der Waals surface area contributed by atoms with Crippen LogP contribution in [0.1, 0.15) is 5.56 Å². The minimum Gasteiger partial charge on any atom is -0.375 e. The summed E-state index contributed by atoms with van der Waals surface area (Å²) in [5.74, 6) is -0.362. The van der Waals surface area contributed by atoms with Gasteiger partial charge in [0.15, 0.2) is 0 Å². The van der Waals surface area contributed by atoms with Crippen molar-refractivity contribution < 1.29 is 4.39 Å². The second-order valence-electron chi connectivity index (χ2n) is 2.67. The molecule has 1 aromatic carbocycles. The fourth-order valence-corrected chi connectivity index (χ4v) is 0.939. The lowest BCUT2D eigenvalue weighted by Gasteiger charge is -2.12. The van der Waals surface area contributed by atoms with Crippen LogP contribution in [-0.4, -0.2) is 14.1 Å². The predicted octanol–water partition coefficient (Wildman–Crippen LogP) is 1.76. The summed E-state index contributed by atoms with van der Waals surface area (Å²) in [6, 6.07) is 6.29. The SMILES string of the molecule is CN(C)c1ccc(C#N)cc1F. The Kier molecular flexibility index (Phi) is 2.29. The first kappa shape index (κ1) is 8.54. The van der Waals surface area contributed by atoms with Crippen LogP contribution in [0.25, 0.3) is 0 Å². The molecule has 0 fully saturated rings. The summed E-state index contributed by atoms with van der Waals surface area (Å²) in [6.45, 7) is 0. The van der Waals surface area contributed by atoms with Gasteiger partial charge in [-0.25, -0.2) is 4.39 Å². The zero-order chi connectivity index (χ0) is 9.14. The molecular formula is C9H9FN2. The summed E-state index contributed by atoms with van der Waals surface area (Å²) in [7, 11) is 3.51. The lowest BCUT2D eigenvalue weighted by atomic mass is 10.2. The average Bonchev–Trinajstić information content (AvgIpc) is 2.03. The van der Waals surface area contributed by atoms with Gasteiger partial charge in [0.1, 0.15) is 5.82 Å². The highest BCUT2D eigenvalue weighted by Crippen LogP contribution is 2.17. The second-order valence-corrected chi connectivity index (χ2v) is 2.67. The first-order valence-electron chi connectivity index (χ1n) is 3.52. The molecule has 0 atom stereocenters. The van der Waals surface area contributed by atoms with Crippen LogP contribution in [0.2, 0.25) is 0 Å². The highest BCUT2D eigenvalue weighted by molar-refractivity contribution is 5.49. The highest BCUT2D eigenvalue weighted by atomic mass is 19.1. The van der Waals surface area contributed by atoms with E-state index in [2.05, 4.69) is 0 Å². The molecule has 3 heteroatoms. The van der Waals surface area contributed by atoms with Crippen molar-refractivity contribution in [2.45, 2.75) is 0 Å². The van der Waals surface area contributed by atoms with Gasteiger partial charge in [-0.1, -0.05) is 0 Å². The Bertz CT molecular complexity index is 326. The monoisotopic (exact) mass is 164 g/mol. The number of nitriles is 1. The van der Waals surface area contributed by atoms with Gasteiger partial charge in [-0.3, -0.25) is 0 Å². The van der Waals surface area contributed by atoms with Crippen LogP contribution in [0.15, 0.2) is 18.2 Å². The van der Waals surface area contributed by atoms with Crippen molar-refractivity contribution in [1.82, 2.24) is 0 Å². The van der Waals surface area contributed by atoms with Crippen LogP contribution >= 0.6 is 0 Å². The Hall–Kier alpha value is -1.56. The molecule has 0 aliphatic carbocycles. The summed E-state index contributed by atoms with van der Waals surface area (Å²) in [4.78, 5) is 1.66. The van der Waals surface area contributed by atoms with E-state index in [-0.39, 0.29) is 5.82 Å². The van der Waals surface area contributed by atoms with Gasteiger partial charge in [0, 0.05) is 14.1 Å². The van der Waals surface area contributed by atoms with E-state index >= 15 is 0 Å². The van der Waals surface area contributed by atoms with E-state index in [0.29, 0.717) is 11.3 Å². The zero-order valence-electron chi connectivity index (χ0n) is 7.00. The molecule has 1 aromatic rings. The van der Waals surface area contributed by atoms with Gasteiger partial charge in [-0.2, -0.15) is 5.26 Å². The first-order valence-corrected chi connectivity index (χ1v) is 3.52. The lowest BCUT2D eigenvalue weighted by Crippen LogP contribution is -2.10. The van der Waals surface area contributed by atoms with Crippen LogP contribution in [-0.2, 0) is 0 Å². The van der Waals surface area contributed by atoms with E-state index in [1.807, 2.05) is 6.07 Å². The zero-order valence-corrected chi connectivity index (χ0v) is 7.00. The van der Waals surface area contributed by atoms with Crippen LogP contribution in [0, 0.1) is 17.1 Å². The molecule has 0 aliphatic heterocycles. The molecule has 0 aliphatic rings. The van der Waals surface area contributed by atoms with E-state index in [0.717, 1.165) is 0 Å². The van der Waals surface area contributed by atoms with Gasteiger partial charge >= 0.3 is 0 Å². The van der Waals surface area contributed by atoms with Crippen LogP contribution < -0.4 is 4.90 Å². The number of nitrogens with zero attached hydrogens (tertiary/aromatic N) is 2. The third kappa shape index (κ3) is 1.54. The Balaban J connectivity index is 3.14. The maximum absolute atomic E-state index is 13.1. The van der Waals surface area contributed by atoms with Gasteiger partial charge in [-0.05, 0) is 18.2 Å². The van der Waals surface area contributed by atoms with Crippen molar-refractivity contribution in [3.05, 3.63) is 29.6 Å². The molecule has 0 saturated heterocycles. The summed E-state index contributed by atoms with van der Waals surface area (Å²) in [5, 5.41) is 8.46. The summed E-state index contributed by atoms with van der Waals surface area (Å²) >= 11 is 0. The van der Waals surface area contributed by atoms with Crippen LogP contribution in [0.5, 0.6) is 0 Å². The fourth-order valence-electron chi connectivity index (χ4n) is 0.939. The van der Waals surface area contributed by atoms with Crippen molar-refractivity contribution in [2.75, 3.05) is 19.0 Å². The Morgan fingerprint density at radius 3 is 2.50 bits per heavy atom. The summed E-state index contributed by atoms with van der Waals surface area (Å²) in [6.07, 6.45) is 0. The molecule has 0 aromatic heterocycles. The molecule has 0 heterocycles. The molecule has 0 bridgehead atoms. The smallest absolute Gasteiger partial charge is 0.147 e. The number of halogens is 1. The van der Waals surface area contributed by atoms with E-state index in [9.17, 15) is 4.39 Å². The Morgan fingerprint density at radius 2 is 2.08 bits per heavy atom. The van der Waals surface area contributed by atoms with Crippen molar-refractivity contribution in [3.8, 4) is 6.07 Å². The minimum atomic E-state index is -0.362. The maximum Gasteiger partial charge on any atom is 0.147 e. The Labute approximate surface area is 70.8 Å². The van der Waals surface area contributed by atoms with Crippen LogP contribution in [0.3, 0.4) is 0 Å². The molecular weight excluding hydrogens is 155 g/mol. The normalized spacial score (nSPS) is 9.17. The lowest BCUT2D eigenvalue weighted by molar-refractivity contribution is 0.625. The number of benzene rings is 1. The van der Waals surface area contributed by atoms with E-state index in [1.165, 1.54) is 6.07 Å². The molecule has 2 nitrogen and oxygen atoms in total. The number of hydrogen-bond acceptors (Lipinski definition) is 2. The first-order chi connectivity index (χ1) is 5.65. The van der Waals surface area contributed by atoms with E-state index in [1.54, 1.807) is 31.1 Å². The minimum absolute atomic E-state index is 0.345.